The highest BCUT2D eigenvalue weighted by atomic mass is 14.8. The van der Waals surface area contributed by atoms with Gasteiger partial charge in [0.15, 0.2) is 0 Å². The Morgan fingerprint density at radius 3 is 1.93 bits per heavy atom. The molecular formula is C11H13N3. The van der Waals surface area contributed by atoms with Gasteiger partial charge in [-0.25, -0.2) is 9.97 Å². The van der Waals surface area contributed by atoms with Gasteiger partial charge in [0.25, 0.3) is 0 Å². The number of hydrogen-bond donors (Lipinski definition) is 0. The van der Waals surface area contributed by atoms with Gasteiger partial charge in [-0.1, -0.05) is 6.07 Å². The molecule has 3 heteroatoms. The fraction of sp³-hybridized carbons (Fsp3) is 0.182. The number of aryl methyl sites for hydroxylation is 2. The van der Waals surface area contributed by atoms with Gasteiger partial charge in [-0.3, -0.25) is 4.98 Å². The summed E-state index contributed by atoms with van der Waals surface area (Å²) in [4.78, 5) is 11.6. The van der Waals surface area contributed by atoms with E-state index in [0.29, 0.717) is 0 Å². The van der Waals surface area contributed by atoms with Crippen molar-refractivity contribution in [1.29, 1.82) is 0 Å². The third-order valence-electron chi connectivity index (χ3n) is 1.54. The van der Waals surface area contributed by atoms with Crippen LogP contribution in [0.25, 0.3) is 0 Å². The van der Waals surface area contributed by atoms with E-state index in [4.69, 9.17) is 0 Å². The van der Waals surface area contributed by atoms with Crippen molar-refractivity contribution in [2.24, 2.45) is 0 Å². The van der Waals surface area contributed by atoms with Gasteiger partial charge in [0, 0.05) is 23.8 Å². The topological polar surface area (TPSA) is 38.7 Å². The summed E-state index contributed by atoms with van der Waals surface area (Å²) in [6.07, 6.45) is 5.05. The Hall–Kier alpha value is -1.77. The maximum Gasteiger partial charge on any atom is 0.115 e. The van der Waals surface area contributed by atoms with Crippen LogP contribution in [0.5, 0.6) is 0 Å². The molecule has 0 aliphatic heterocycles. The molecule has 0 aliphatic rings. The second-order valence-corrected chi connectivity index (χ2v) is 2.82. The van der Waals surface area contributed by atoms with E-state index in [1.165, 1.54) is 6.33 Å². The molecule has 0 N–H and O–H groups in total. The van der Waals surface area contributed by atoms with Crippen molar-refractivity contribution in [3.05, 3.63) is 54.4 Å². The number of rotatable bonds is 0. The smallest absolute Gasteiger partial charge is 0.115 e. The molecule has 0 amide bonds. The first kappa shape index (κ1) is 10.3. The molecule has 2 heterocycles. The molecule has 0 saturated heterocycles. The first-order valence-electron chi connectivity index (χ1n) is 4.39. The van der Waals surface area contributed by atoms with E-state index in [2.05, 4.69) is 15.0 Å². The number of aromatic nitrogens is 3. The van der Waals surface area contributed by atoms with Gasteiger partial charge >= 0.3 is 0 Å². The highest BCUT2D eigenvalue weighted by Crippen LogP contribution is 1.86. The van der Waals surface area contributed by atoms with E-state index in [9.17, 15) is 0 Å². The van der Waals surface area contributed by atoms with E-state index < -0.39 is 0 Å². The Labute approximate surface area is 83.9 Å². The minimum Gasteiger partial charge on any atom is -0.262 e. The highest BCUT2D eigenvalue weighted by Gasteiger charge is 1.74. The number of pyridine rings is 1. The van der Waals surface area contributed by atoms with Crippen molar-refractivity contribution in [3.8, 4) is 0 Å². The molecular weight excluding hydrogens is 174 g/mol. The van der Waals surface area contributed by atoms with E-state index in [0.717, 1.165) is 11.4 Å². The molecule has 0 aliphatic carbocycles. The Morgan fingerprint density at radius 2 is 1.64 bits per heavy atom. The van der Waals surface area contributed by atoms with Crippen molar-refractivity contribution in [2.75, 3.05) is 0 Å². The summed E-state index contributed by atoms with van der Waals surface area (Å²) in [6.45, 7) is 3.90. The van der Waals surface area contributed by atoms with Gasteiger partial charge in [-0.05, 0) is 32.0 Å². The molecule has 2 rings (SSSR count). The Balaban J connectivity index is 0.000000140. The van der Waals surface area contributed by atoms with Crippen molar-refractivity contribution < 1.29 is 0 Å². The van der Waals surface area contributed by atoms with Crippen LogP contribution in [0.15, 0.2) is 43.0 Å². The average Bonchev–Trinajstić information content (AvgIpc) is 2.21. The van der Waals surface area contributed by atoms with Gasteiger partial charge in [-0.15, -0.1) is 0 Å². The van der Waals surface area contributed by atoms with E-state index >= 15 is 0 Å². The third kappa shape index (κ3) is 4.30. The SMILES string of the molecule is Cc1ccccn1.Cc1ccncn1. The standard InChI is InChI=1S/C6H7N.C5H6N2/c1-6-4-2-3-5-7-6;1-5-2-3-6-4-7-5/h2-5H,1H3;2-4H,1H3. The second kappa shape index (κ2) is 5.80. The monoisotopic (exact) mass is 187 g/mol. The molecule has 72 valence electrons. The molecule has 0 unspecified atom stereocenters. The largest absolute Gasteiger partial charge is 0.262 e. The van der Waals surface area contributed by atoms with Crippen LogP contribution in [0.2, 0.25) is 0 Å². The zero-order chi connectivity index (χ0) is 10.2. The minimum absolute atomic E-state index is 1.01. The summed E-state index contributed by atoms with van der Waals surface area (Å²) in [6, 6.07) is 7.72. The second-order valence-electron chi connectivity index (χ2n) is 2.82. The molecule has 0 radical (unpaired) electrons. The summed E-state index contributed by atoms with van der Waals surface area (Å²) in [5.41, 5.74) is 2.08. The zero-order valence-electron chi connectivity index (χ0n) is 8.38. The average molecular weight is 187 g/mol. The highest BCUT2D eigenvalue weighted by molar-refractivity contribution is 4.99. The van der Waals surface area contributed by atoms with Gasteiger partial charge in [-0.2, -0.15) is 0 Å². The van der Waals surface area contributed by atoms with Crippen LogP contribution in [-0.4, -0.2) is 15.0 Å². The number of hydrogen-bond acceptors (Lipinski definition) is 3. The van der Waals surface area contributed by atoms with Crippen LogP contribution in [0, 0.1) is 13.8 Å². The lowest BCUT2D eigenvalue weighted by atomic mass is 10.4. The lowest BCUT2D eigenvalue weighted by Gasteiger charge is -1.82. The number of nitrogens with zero attached hydrogens (tertiary/aromatic N) is 3. The summed E-state index contributed by atoms with van der Waals surface area (Å²) in [7, 11) is 0. The van der Waals surface area contributed by atoms with Gasteiger partial charge in [0.2, 0.25) is 0 Å². The van der Waals surface area contributed by atoms with Crippen LogP contribution >= 0.6 is 0 Å². The van der Waals surface area contributed by atoms with Crippen molar-refractivity contribution in [2.45, 2.75) is 13.8 Å². The first-order valence-corrected chi connectivity index (χ1v) is 4.39. The Bertz CT molecular complexity index is 308. The molecule has 0 aromatic carbocycles. The molecule has 0 saturated carbocycles. The first-order chi connectivity index (χ1) is 6.79. The van der Waals surface area contributed by atoms with Crippen LogP contribution in [0.3, 0.4) is 0 Å². The molecule has 0 fully saturated rings. The van der Waals surface area contributed by atoms with Crippen LogP contribution in [-0.2, 0) is 0 Å². The fourth-order valence-electron chi connectivity index (χ4n) is 0.805. The molecule has 0 bridgehead atoms. The van der Waals surface area contributed by atoms with E-state index in [1.54, 1.807) is 12.4 Å². The summed E-state index contributed by atoms with van der Waals surface area (Å²) in [5.74, 6) is 0. The predicted molar refractivity (Wildman–Crippen MR) is 55.7 cm³/mol. The quantitative estimate of drug-likeness (QED) is 0.634. The van der Waals surface area contributed by atoms with Crippen LogP contribution < -0.4 is 0 Å². The zero-order valence-corrected chi connectivity index (χ0v) is 8.38. The summed E-state index contributed by atoms with van der Waals surface area (Å²) >= 11 is 0. The molecule has 0 atom stereocenters. The molecule has 2 aromatic heterocycles. The van der Waals surface area contributed by atoms with Gasteiger partial charge < -0.3 is 0 Å². The molecule has 14 heavy (non-hydrogen) atoms. The lowest BCUT2D eigenvalue weighted by molar-refractivity contribution is 1.10. The van der Waals surface area contributed by atoms with Crippen molar-refractivity contribution in [3.63, 3.8) is 0 Å². The fourth-order valence-corrected chi connectivity index (χ4v) is 0.805. The summed E-state index contributed by atoms with van der Waals surface area (Å²) < 4.78 is 0. The van der Waals surface area contributed by atoms with Crippen molar-refractivity contribution >= 4 is 0 Å². The summed E-state index contributed by atoms with van der Waals surface area (Å²) in [5, 5.41) is 0. The molecule has 2 aromatic rings. The Kier molecular flexibility index (Phi) is 4.27. The van der Waals surface area contributed by atoms with Gasteiger partial charge in [0.05, 0.1) is 0 Å². The van der Waals surface area contributed by atoms with Gasteiger partial charge in [0.1, 0.15) is 6.33 Å². The van der Waals surface area contributed by atoms with E-state index in [1.807, 2.05) is 38.1 Å². The maximum atomic E-state index is 3.98. The normalized spacial score (nSPS) is 8.71. The maximum absolute atomic E-state index is 3.98. The molecule has 0 spiro atoms. The van der Waals surface area contributed by atoms with Crippen LogP contribution in [0.4, 0.5) is 0 Å². The molecule has 3 nitrogen and oxygen atoms in total. The van der Waals surface area contributed by atoms with Crippen molar-refractivity contribution in [1.82, 2.24) is 15.0 Å². The predicted octanol–water partition coefficient (Wildman–Crippen LogP) is 2.18. The Morgan fingerprint density at radius 1 is 0.857 bits per heavy atom. The third-order valence-corrected chi connectivity index (χ3v) is 1.54. The van der Waals surface area contributed by atoms with Crippen LogP contribution in [0.1, 0.15) is 11.4 Å². The minimum atomic E-state index is 1.01. The van der Waals surface area contributed by atoms with E-state index in [-0.39, 0.29) is 0 Å². The lowest BCUT2D eigenvalue weighted by Crippen LogP contribution is -1.77.